The summed E-state index contributed by atoms with van der Waals surface area (Å²) in [6.45, 7) is 9.93. The summed E-state index contributed by atoms with van der Waals surface area (Å²) in [4.78, 5) is 0. The smallest absolute Gasteiger partial charge is 0.143 e. The first-order valence-electron chi connectivity index (χ1n) is 6.67. The van der Waals surface area contributed by atoms with E-state index in [-0.39, 0.29) is 5.41 Å². The van der Waals surface area contributed by atoms with Gasteiger partial charge in [0, 0.05) is 12.7 Å². The minimum absolute atomic E-state index is 0.101. The summed E-state index contributed by atoms with van der Waals surface area (Å²) >= 11 is 0. The molecule has 1 fully saturated rings. The van der Waals surface area contributed by atoms with Crippen molar-refractivity contribution in [1.29, 1.82) is 0 Å². The lowest BCUT2D eigenvalue weighted by atomic mass is 9.56. The Morgan fingerprint density at radius 2 is 2.32 bits per heavy atom. The van der Waals surface area contributed by atoms with Gasteiger partial charge in [-0.3, -0.25) is 0 Å². The predicted octanol–water partition coefficient (Wildman–Crippen LogP) is 2.46. The highest BCUT2D eigenvalue weighted by molar-refractivity contribution is 5.42. The number of nitrogens with zero attached hydrogens (tertiary/aromatic N) is 3. The Kier molecular flexibility index (Phi) is 3.60. The lowest BCUT2D eigenvalue weighted by molar-refractivity contribution is 0.163. The number of hydrogen-bond acceptors (Lipinski definition) is 3. The van der Waals surface area contributed by atoms with Gasteiger partial charge in [0.15, 0.2) is 0 Å². The molecule has 1 aliphatic carbocycles. The largest absolute Gasteiger partial charge is 0.399 e. The molecule has 0 spiro atoms. The molecule has 1 aromatic rings. The van der Waals surface area contributed by atoms with E-state index in [1.165, 1.54) is 6.42 Å². The molecule has 0 bridgehead atoms. The Morgan fingerprint density at radius 3 is 2.74 bits per heavy atom. The zero-order valence-corrected chi connectivity index (χ0v) is 11.8. The molecular formula is C15H22N4. The van der Waals surface area contributed by atoms with E-state index in [0.29, 0.717) is 5.70 Å². The van der Waals surface area contributed by atoms with Crippen LogP contribution in [0.4, 0.5) is 0 Å². The van der Waals surface area contributed by atoms with E-state index in [9.17, 15) is 0 Å². The highest BCUT2D eigenvalue weighted by Crippen LogP contribution is 2.53. The Balaban J connectivity index is 2.45. The van der Waals surface area contributed by atoms with Crippen LogP contribution >= 0.6 is 0 Å². The number of aryl methyl sites for hydroxylation is 1. The first-order valence-corrected chi connectivity index (χ1v) is 6.67. The van der Waals surface area contributed by atoms with Gasteiger partial charge in [-0.15, -0.1) is 10.2 Å². The molecule has 1 saturated carbocycles. The Hall–Kier alpha value is -1.84. The second-order valence-electron chi connectivity index (χ2n) is 5.41. The first-order chi connectivity index (χ1) is 9.03. The summed E-state index contributed by atoms with van der Waals surface area (Å²) in [5, 5.41) is 8.32. The minimum atomic E-state index is -0.101. The van der Waals surface area contributed by atoms with Crippen molar-refractivity contribution in [3.63, 3.8) is 0 Å². The summed E-state index contributed by atoms with van der Waals surface area (Å²) in [7, 11) is 1.98. The number of allylic oxidation sites excluding steroid dienone is 3. The maximum atomic E-state index is 5.74. The maximum Gasteiger partial charge on any atom is 0.143 e. The van der Waals surface area contributed by atoms with Crippen molar-refractivity contribution in [3.8, 4) is 0 Å². The molecule has 0 aliphatic heterocycles. The summed E-state index contributed by atoms with van der Waals surface area (Å²) in [6, 6.07) is 0. The molecule has 4 heteroatoms. The van der Waals surface area contributed by atoms with Gasteiger partial charge in [-0.25, -0.2) is 0 Å². The second kappa shape index (κ2) is 5.03. The molecule has 0 saturated heterocycles. The topological polar surface area (TPSA) is 56.7 Å². The molecule has 2 rings (SSSR count). The molecule has 19 heavy (non-hydrogen) atoms. The van der Waals surface area contributed by atoms with Gasteiger partial charge in [0.2, 0.25) is 0 Å². The molecule has 0 atom stereocenters. The van der Waals surface area contributed by atoms with Crippen LogP contribution in [-0.2, 0) is 12.5 Å². The van der Waals surface area contributed by atoms with E-state index in [0.717, 1.165) is 30.2 Å². The molecule has 102 valence electrons. The van der Waals surface area contributed by atoms with Crippen molar-refractivity contribution in [2.45, 2.75) is 31.6 Å². The SMILES string of the molecule is C=C/C(=C\C(=C)N)C1(c2nncn2C)CC(CC)C1. The number of nitrogens with two attached hydrogens (primary N) is 1. The molecular weight excluding hydrogens is 236 g/mol. The Morgan fingerprint density at radius 1 is 1.63 bits per heavy atom. The Bertz CT molecular complexity index is 518. The monoisotopic (exact) mass is 258 g/mol. The number of aromatic nitrogens is 3. The van der Waals surface area contributed by atoms with E-state index >= 15 is 0 Å². The average molecular weight is 258 g/mol. The normalized spacial score (nSPS) is 26.8. The molecule has 0 aromatic carbocycles. The zero-order valence-electron chi connectivity index (χ0n) is 11.8. The fourth-order valence-corrected chi connectivity index (χ4v) is 3.07. The van der Waals surface area contributed by atoms with E-state index in [2.05, 4.69) is 30.3 Å². The molecule has 4 nitrogen and oxygen atoms in total. The fraction of sp³-hybridized carbons (Fsp3) is 0.467. The van der Waals surface area contributed by atoms with Crippen LogP contribution in [0.2, 0.25) is 0 Å². The van der Waals surface area contributed by atoms with Crippen molar-refractivity contribution in [2.24, 2.45) is 18.7 Å². The third-order valence-corrected chi connectivity index (χ3v) is 4.10. The second-order valence-corrected chi connectivity index (χ2v) is 5.41. The van der Waals surface area contributed by atoms with Crippen LogP contribution in [0.5, 0.6) is 0 Å². The highest BCUT2D eigenvalue weighted by Gasteiger charge is 2.49. The highest BCUT2D eigenvalue weighted by atomic mass is 15.3. The van der Waals surface area contributed by atoms with E-state index in [1.54, 1.807) is 6.33 Å². The molecule has 1 aliphatic rings. The molecule has 0 amide bonds. The summed E-state index contributed by atoms with van der Waals surface area (Å²) in [6.07, 6.45) is 8.86. The van der Waals surface area contributed by atoms with Crippen molar-refractivity contribution in [1.82, 2.24) is 14.8 Å². The van der Waals surface area contributed by atoms with E-state index in [4.69, 9.17) is 5.73 Å². The Labute approximate surface area is 114 Å². The van der Waals surface area contributed by atoms with Gasteiger partial charge in [-0.05, 0) is 30.4 Å². The number of hydrogen-bond donors (Lipinski definition) is 1. The molecule has 0 radical (unpaired) electrons. The number of rotatable bonds is 5. The van der Waals surface area contributed by atoms with Gasteiger partial charge in [0.25, 0.3) is 0 Å². The quantitative estimate of drug-likeness (QED) is 0.825. The van der Waals surface area contributed by atoms with Crippen molar-refractivity contribution in [2.75, 3.05) is 0 Å². The van der Waals surface area contributed by atoms with Crippen molar-refractivity contribution in [3.05, 3.63) is 48.7 Å². The molecule has 1 heterocycles. The fourth-order valence-electron chi connectivity index (χ4n) is 3.07. The third kappa shape index (κ3) is 2.23. The average Bonchev–Trinajstić information content (AvgIpc) is 2.73. The van der Waals surface area contributed by atoms with Crippen LogP contribution in [0.3, 0.4) is 0 Å². The predicted molar refractivity (Wildman–Crippen MR) is 77.3 cm³/mol. The van der Waals surface area contributed by atoms with Gasteiger partial charge in [-0.1, -0.05) is 32.6 Å². The van der Waals surface area contributed by atoms with Crippen LogP contribution in [0.1, 0.15) is 32.0 Å². The van der Waals surface area contributed by atoms with Crippen molar-refractivity contribution >= 4 is 0 Å². The summed E-state index contributed by atoms with van der Waals surface area (Å²) < 4.78 is 1.99. The van der Waals surface area contributed by atoms with Gasteiger partial charge in [0.05, 0.1) is 5.41 Å². The van der Waals surface area contributed by atoms with Crippen molar-refractivity contribution < 1.29 is 0 Å². The van der Waals surface area contributed by atoms with Gasteiger partial charge in [-0.2, -0.15) is 0 Å². The van der Waals surface area contributed by atoms with Crippen LogP contribution < -0.4 is 5.73 Å². The zero-order chi connectivity index (χ0) is 14.0. The van der Waals surface area contributed by atoms with Crippen LogP contribution in [0.25, 0.3) is 0 Å². The lowest BCUT2D eigenvalue weighted by Gasteiger charge is -2.47. The van der Waals surface area contributed by atoms with Crippen LogP contribution in [0, 0.1) is 5.92 Å². The molecule has 2 N–H and O–H groups in total. The van der Waals surface area contributed by atoms with Gasteiger partial charge < -0.3 is 10.3 Å². The van der Waals surface area contributed by atoms with Gasteiger partial charge >= 0.3 is 0 Å². The summed E-state index contributed by atoms with van der Waals surface area (Å²) in [5.41, 5.74) is 7.29. The standard InChI is InChI=1S/C15H22N4/c1-5-12-8-15(9-12,13(6-2)7-11(3)16)14-18-17-10-19(14)4/h6-7,10,12H,2-3,5,8-9,16H2,1,4H3/b13-7+. The summed E-state index contributed by atoms with van der Waals surface area (Å²) in [5.74, 6) is 1.72. The van der Waals surface area contributed by atoms with Gasteiger partial charge in [0.1, 0.15) is 12.2 Å². The third-order valence-electron chi connectivity index (χ3n) is 4.10. The maximum absolute atomic E-state index is 5.74. The molecule has 0 unspecified atom stereocenters. The van der Waals surface area contributed by atoms with Crippen LogP contribution in [0.15, 0.2) is 42.9 Å². The van der Waals surface area contributed by atoms with E-state index in [1.807, 2.05) is 23.8 Å². The lowest BCUT2D eigenvalue weighted by Crippen LogP contribution is -2.44. The molecule has 1 aromatic heterocycles. The van der Waals surface area contributed by atoms with Crippen LogP contribution in [-0.4, -0.2) is 14.8 Å². The van der Waals surface area contributed by atoms with E-state index < -0.39 is 0 Å². The first kappa shape index (κ1) is 13.6. The minimum Gasteiger partial charge on any atom is -0.399 e.